The predicted octanol–water partition coefficient (Wildman–Crippen LogP) is 4.29. The van der Waals surface area contributed by atoms with Crippen LogP contribution in [-0.4, -0.2) is 47.9 Å². The third kappa shape index (κ3) is 5.33. The molecule has 1 heterocycles. The monoisotopic (exact) mass is 439 g/mol. The van der Waals surface area contributed by atoms with Crippen molar-refractivity contribution in [2.24, 2.45) is 0 Å². The molecule has 0 radical (unpaired) electrons. The van der Waals surface area contributed by atoms with Crippen molar-refractivity contribution in [2.75, 3.05) is 19.8 Å². The van der Waals surface area contributed by atoms with Gasteiger partial charge in [0.2, 0.25) is 0 Å². The maximum Gasteiger partial charge on any atom is 0.329 e. The molecule has 1 fully saturated rings. The van der Waals surface area contributed by atoms with Crippen LogP contribution >= 0.6 is 23.4 Å². The predicted molar refractivity (Wildman–Crippen MR) is 112 cm³/mol. The third-order valence-corrected chi connectivity index (χ3v) is 4.98. The Bertz CT molecular complexity index is 854. The lowest BCUT2D eigenvalue weighted by molar-refractivity contribution is -0.150. The maximum absolute atomic E-state index is 12.7. The lowest BCUT2D eigenvalue weighted by Gasteiger charge is -2.19. The zero-order chi connectivity index (χ0) is 21.6. The first-order chi connectivity index (χ1) is 13.8. The van der Waals surface area contributed by atoms with Gasteiger partial charge in [-0.3, -0.25) is 14.5 Å². The normalized spacial score (nSPS) is 16.1. The van der Waals surface area contributed by atoms with Crippen molar-refractivity contribution in [1.29, 1.82) is 0 Å². The molecular weight excluding hydrogens is 418 g/mol. The zero-order valence-electron chi connectivity index (χ0n) is 16.4. The molecule has 1 atom stereocenters. The molecule has 1 aliphatic rings. The zero-order valence-corrected chi connectivity index (χ0v) is 18.0. The summed E-state index contributed by atoms with van der Waals surface area (Å²) in [5.74, 6) is -0.426. The van der Waals surface area contributed by atoms with E-state index < -0.39 is 23.2 Å². The van der Waals surface area contributed by atoms with Gasteiger partial charge < -0.3 is 14.2 Å². The Labute approximate surface area is 178 Å². The second-order valence-electron chi connectivity index (χ2n) is 5.84. The average molecular weight is 440 g/mol. The van der Waals surface area contributed by atoms with Crippen LogP contribution in [0.4, 0.5) is 4.79 Å². The van der Waals surface area contributed by atoms with Gasteiger partial charge in [-0.25, -0.2) is 4.79 Å². The molecule has 0 saturated carbocycles. The smallest absolute Gasteiger partial charge is 0.329 e. The van der Waals surface area contributed by atoms with E-state index in [9.17, 15) is 14.4 Å². The molecule has 0 N–H and O–H groups in total. The molecule has 7 nitrogen and oxygen atoms in total. The number of hydrogen-bond acceptors (Lipinski definition) is 7. The van der Waals surface area contributed by atoms with Gasteiger partial charge in [-0.1, -0.05) is 24.3 Å². The molecule has 1 aromatic rings. The number of esters is 1. The summed E-state index contributed by atoms with van der Waals surface area (Å²) < 4.78 is 16.0. The first-order valence-corrected chi connectivity index (χ1v) is 10.2. The molecule has 0 bridgehead atoms. The molecule has 9 heteroatoms. The highest BCUT2D eigenvalue weighted by Gasteiger charge is 2.41. The summed E-state index contributed by atoms with van der Waals surface area (Å²) in [5, 5.41) is -0.243. The van der Waals surface area contributed by atoms with Gasteiger partial charge in [-0.15, -0.1) is 0 Å². The first-order valence-electron chi connectivity index (χ1n) is 8.97. The Kier molecular flexibility index (Phi) is 8.16. The van der Waals surface area contributed by atoms with E-state index in [2.05, 4.69) is 6.58 Å². The minimum absolute atomic E-state index is 0.161. The van der Waals surface area contributed by atoms with Crippen LogP contribution in [0.5, 0.6) is 11.5 Å². The maximum atomic E-state index is 12.7. The Morgan fingerprint density at radius 2 is 2.00 bits per heavy atom. The summed E-state index contributed by atoms with van der Waals surface area (Å²) in [6, 6.07) is 2.26. The molecule has 2 rings (SSSR count). The summed E-state index contributed by atoms with van der Waals surface area (Å²) in [5.41, 5.74) is 0.554. The lowest BCUT2D eigenvalue weighted by Crippen LogP contribution is -2.42. The number of ether oxygens (including phenoxy) is 3. The highest BCUT2D eigenvalue weighted by molar-refractivity contribution is 8.18. The summed E-state index contributed by atoms with van der Waals surface area (Å²) >= 11 is 7.06. The van der Waals surface area contributed by atoms with Crippen molar-refractivity contribution >= 4 is 46.6 Å². The second-order valence-corrected chi connectivity index (χ2v) is 7.24. The number of imide groups is 1. The van der Waals surface area contributed by atoms with Crippen LogP contribution in [0.15, 0.2) is 29.7 Å². The number of hydrogen-bond donors (Lipinski definition) is 0. The highest BCUT2D eigenvalue weighted by atomic mass is 35.5. The van der Waals surface area contributed by atoms with Gasteiger partial charge in [0, 0.05) is 0 Å². The number of rotatable bonds is 9. The fraction of sp³-hybridized carbons (Fsp3) is 0.350. The standard InChI is InChI=1S/C20H22ClNO6S/c1-5-8-28-17-14(21)9-13(10-15(17)26-6-2)11-16-18(23)22(20(25)29-16)12(4)19(24)27-7-3/h5,9-12H,1,6-8H2,2-4H3/b16-11+. The molecule has 156 valence electrons. The molecule has 0 aliphatic carbocycles. The van der Waals surface area contributed by atoms with Crippen molar-refractivity contribution in [3.8, 4) is 11.5 Å². The van der Waals surface area contributed by atoms with Gasteiger partial charge in [0.1, 0.15) is 12.6 Å². The number of halogens is 1. The Morgan fingerprint density at radius 3 is 2.62 bits per heavy atom. The van der Waals surface area contributed by atoms with Crippen LogP contribution in [0.1, 0.15) is 26.3 Å². The number of carbonyl (C=O) groups excluding carboxylic acids is 3. The molecule has 1 unspecified atom stereocenters. The molecular formula is C20H22ClNO6S. The van der Waals surface area contributed by atoms with Crippen molar-refractivity contribution in [2.45, 2.75) is 26.8 Å². The van der Waals surface area contributed by atoms with Crippen LogP contribution in [0.3, 0.4) is 0 Å². The van der Waals surface area contributed by atoms with Crippen LogP contribution in [0.2, 0.25) is 5.02 Å². The summed E-state index contributed by atoms with van der Waals surface area (Å²) in [6.45, 7) is 9.33. The molecule has 0 spiro atoms. The Balaban J connectivity index is 2.34. The van der Waals surface area contributed by atoms with Crippen molar-refractivity contribution in [3.63, 3.8) is 0 Å². The van der Waals surface area contributed by atoms with E-state index in [1.807, 2.05) is 6.92 Å². The van der Waals surface area contributed by atoms with Gasteiger partial charge in [0.15, 0.2) is 11.5 Å². The average Bonchev–Trinajstić information content (AvgIpc) is 2.94. The fourth-order valence-electron chi connectivity index (χ4n) is 2.55. The van der Waals surface area contributed by atoms with Crippen molar-refractivity contribution in [1.82, 2.24) is 4.90 Å². The van der Waals surface area contributed by atoms with E-state index in [4.69, 9.17) is 25.8 Å². The minimum Gasteiger partial charge on any atom is -0.490 e. The van der Waals surface area contributed by atoms with E-state index in [0.717, 1.165) is 16.7 Å². The van der Waals surface area contributed by atoms with Gasteiger partial charge in [-0.2, -0.15) is 0 Å². The number of amides is 2. The molecule has 29 heavy (non-hydrogen) atoms. The Hall–Kier alpha value is -2.45. The van der Waals surface area contributed by atoms with E-state index in [-0.39, 0.29) is 18.1 Å². The van der Waals surface area contributed by atoms with Crippen LogP contribution in [0.25, 0.3) is 6.08 Å². The molecule has 1 saturated heterocycles. The van der Waals surface area contributed by atoms with E-state index in [0.29, 0.717) is 28.7 Å². The largest absolute Gasteiger partial charge is 0.490 e. The molecule has 2 amide bonds. The SMILES string of the molecule is C=CCOc1c(Cl)cc(/C=C2/SC(=O)N(C(C)C(=O)OCC)C2=O)cc1OCC. The number of nitrogens with zero attached hydrogens (tertiary/aromatic N) is 1. The summed E-state index contributed by atoms with van der Waals surface area (Å²) in [7, 11) is 0. The molecule has 1 aliphatic heterocycles. The van der Waals surface area contributed by atoms with Gasteiger partial charge in [0.05, 0.1) is 23.1 Å². The third-order valence-electron chi connectivity index (χ3n) is 3.81. The number of benzene rings is 1. The first kappa shape index (κ1) is 22.8. The summed E-state index contributed by atoms with van der Waals surface area (Å²) in [6.07, 6.45) is 3.11. The number of carbonyl (C=O) groups is 3. The van der Waals surface area contributed by atoms with E-state index in [1.165, 1.54) is 13.0 Å². The molecule has 1 aromatic carbocycles. The second kappa shape index (κ2) is 10.4. The van der Waals surface area contributed by atoms with Crippen molar-refractivity contribution in [3.05, 3.63) is 40.3 Å². The topological polar surface area (TPSA) is 82.1 Å². The highest BCUT2D eigenvalue weighted by Crippen LogP contribution is 2.39. The summed E-state index contributed by atoms with van der Waals surface area (Å²) in [4.78, 5) is 37.9. The Morgan fingerprint density at radius 1 is 1.28 bits per heavy atom. The van der Waals surface area contributed by atoms with Crippen LogP contribution < -0.4 is 9.47 Å². The minimum atomic E-state index is -1.01. The molecule has 0 aromatic heterocycles. The van der Waals surface area contributed by atoms with Crippen LogP contribution in [-0.2, 0) is 14.3 Å². The quantitative estimate of drug-likeness (QED) is 0.322. The van der Waals surface area contributed by atoms with Crippen molar-refractivity contribution < 1.29 is 28.6 Å². The fourth-order valence-corrected chi connectivity index (χ4v) is 3.73. The number of thioether (sulfide) groups is 1. The van der Waals surface area contributed by atoms with Gasteiger partial charge >= 0.3 is 5.97 Å². The van der Waals surface area contributed by atoms with E-state index in [1.54, 1.807) is 25.1 Å². The van der Waals surface area contributed by atoms with E-state index >= 15 is 0 Å². The lowest BCUT2D eigenvalue weighted by atomic mass is 10.1. The van der Waals surface area contributed by atoms with Gasteiger partial charge in [-0.05, 0) is 56.3 Å². The van der Waals surface area contributed by atoms with Gasteiger partial charge in [0.25, 0.3) is 11.1 Å². The van der Waals surface area contributed by atoms with Crippen LogP contribution in [0, 0.1) is 0 Å².